The SMILES string of the molecule is CC(C)(C)OC(=O)NC(CCCN1C(=O)C(C)(C)NC1=S)C(=O)O. The fourth-order valence-corrected chi connectivity index (χ4v) is 2.61. The van der Waals surface area contributed by atoms with Crippen LogP contribution in [0.25, 0.3) is 0 Å². The zero-order valence-electron chi connectivity index (χ0n) is 14.6. The fourth-order valence-electron chi connectivity index (χ4n) is 2.18. The van der Waals surface area contributed by atoms with Crippen molar-refractivity contribution >= 4 is 35.3 Å². The minimum Gasteiger partial charge on any atom is -0.480 e. The van der Waals surface area contributed by atoms with Gasteiger partial charge < -0.3 is 20.5 Å². The lowest BCUT2D eigenvalue weighted by Crippen LogP contribution is -2.44. The molecule has 1 unspecified atom stereocenters. The predicted octanol–water partition coefficient (Wildman–Crippen LogP) is 1.24. The number of carboxylic acids is 1. The summed E-state index contributed by atoms with van der Waals surface area (Å²) in [6.45, 7) is 8.82. The Morgan fingerprint density at radius 2 is 2.00 bits per heavy atom. The average Bonchev–Trinajstić information content (AvgIpc) is 2.56. The quantitative estimate of drug-likeness (QED) is 0.612. The highest BCUT2D eigenvalue weighted by Gasteiger charge is 2.41. The van der Waals surface area contributed by atoms with Crippen molar-refractivity contribution in [2.75, 3.05) is 6.54 Å². The van der Waals surface area contributed by atoms with Gasteiger partial charge in [-0.1, -0.05) is 0 Å². The third kappa shape index (κ3) is 5.63. The molecule has 1 aliphatic rings. The first-order valence-corrected chi connectivity index (χ1v) is 8.11. The van der Waals surface area contributed by atoms with Crippen molar-refractivity contribution in [3.05, 3.63) is 0 Å². The Labute approximate surface area is 146 Å². The van der Waals surface area contributed by atoms with Crippen LogP contribution in [0.4, 0.5) is 4.79 Å². The van der Waals surface area contributed by atoms with Gasteiger partial charge in [-0.25, -0.2) is 9.59 Å². The molecule has 8 nitrogen and oxygen atoms in total. The molecule has 1 fully saturated rings. The standard InChI is InChI=1S/C15H25N3O5S/c1-14(2,3)23-13(22)16-9(10(19)20)7-6-8-18-11(21)15(4,5)17-12(18)24/h9H,6-8H2,1-5H3,(H,16,22)(H,17,24)(H,19,20). The molecule has 1 saturated heterocycles. The molecule has 9 heteroatoms. The molecule has 2 amide bonds. The van der Waals surface area contributed by atoms with Gasteiger partial charge in [-0.15, -0.1) is 0 Å². The van der Waals surface area contributed by atoms with Gasteiger partial charge in [-0.2, -0.15) is 0 Å². The Kier molecular flexibility index (Phi) is 6.15. The topological polar surface area (TPSA) is 108 Å². The molecule has 3 N–H and O–H groups in total. The number of carbonyl (C=O) groups excluding carboxylic acids is 2. The molecule has 0 radical (unpaired) electrons. The zero-order valence-corrected chi connectivity index (χ0v) is 15.5. The first-order valence-electron chi connectivity index (χ1n) is 7.70. The minimum atomic E-state index is -1.16. The van der Waals surface area contributed by atoms with Crippen molar-refractivity contribution in [3.63, 3.8) is 0 Å². The van der Waals surface area contributed by atoms with Gasteiger partial charge in [0.1, 0.15) is 17.2 Å². The van der Waals surface area contributed by atoms with Crippen molar-refractivity contribution in [1.82, 2.24) is 15.5 Å². The molecule has 0 spiro atoms. The summed E-state index contributed by atoms with van der Waals surface area (Å²) in [6.07, 6.45) is -0.261. The van der Waals surface area contributed by atoms with Crippen LogP contribution in [0.1, 0.15) is 47.5 Å². The van der Waals surface area contributed by atoms with Crippen molar-refractivity contribution in [1.29, 1.82) is 0 Å². The number of hydrogen-bond donors (Lipinski definition) is 3. The second kappa shape index (κ2) is 7.33. The summed E-state index contributed by atoms with van der Waals surface area (Å²) in [5.41, 5.74) is -1.46. The van der Waals surface area contributed by atoms with Crippen LogP contribution in [0.3, 0.4) is 0 Å². The van der Waals surface area contributed by atoms with Gasteiger partial charge in [0.05, 0.1) is 0 Å². The maximum Gasteiger partial charge on any atom is 0.408 e. The fraction of sp³-hybridized carbons (Fsp3) is 0.733. The molecule has 0 aromatic heterocycles. The highest BCUT2D eigenvalue weighted by Crippen LogP contribution is 2.17. The Morgan fingerprint density at radius 1 is 1.42 bits per heavy atom. The van der Waals surface area contributed by atoms with Crippen molar-refractivity contribution in [3.8, 4) is 0 Å². The van der Waals surface area contributed by atoms with Crippen LogP contribution in [0.5, 0.6) is 0 Å². The van der Waals surface area contributed by atoms with Crippen molar-refractivity contribution < 1.29 is 24.2 Å². The first kappa shape index (κ1) is 20.1. The van der Waals surface area contributed by atoms with E-state index in [0.717, 1.165) is 0 Å². The van der Waals surface area contributed by atoms with Crippen LogP contribution < -0.4 is 10.6 Å². The molecule has 136 valence electrons. The monoisotopic (exact) mass is 359 g/mol. The van der Waals surface area contributed by atoms with Gasteiger partial charge >= 0.3 is 12.1 Å². The van der Waals surface area contributed by atoms with E-state index < -0.39 is 29.2 Å². The maximum absolute atomic E-state index is 12.2. The normalized spacial score (nSPS) is 18.1. The van der Waals surface area contributed by atoms with Crippen LogP contribution in [-0.4, -0.2) is 56.8 Å². The van der Waals surface area contributed by atoms with Gasteiger partial charge in [0.2, 0.25) is 0 Å². The number of rotatable bonds is 6. The summed E-state index contributed by atoms with van der Waals surface area (Å²) in [5, 5.41) is 14.8. The molecule has 0 aliphatic carbocycles. The summed E-state index contributed by atoms with van der Waals surface area (Å²) in [7, 11) is 0. The number of carbonyl (C=O) groups is 3. The molecule has 1 heterocycles. The molecule has 0 aromatic rings. The van der Waals surface area contributed by atoms with E-state index >= 15 is 0 Å². The summed E-state index contributed by atoms with van der Waals surface area (Å²) in [6, 6.07) is -1.09. The van der Waals surface area contributed by atoms with Gasteiger partial charge in [0, 0.05) is 6.54 Å². The zero-order chi connectivity index (χ0) is 18.7. The van der Waals surface area contributed by atoms with Crippen molar-refractivity contribution in [2.24, 2.45) is 0 Å². The minimum absolute atomic E-state index is 0.153. The number of amides is 2. The third-order valence-corrected chi connectivity index (χ3v) is 3.63. The van der Waals surface area contributed by atoms with E-state index in [2.05, 4.69) is 10.6 Å². The lowest BCUT2D eigenvalue weighted by molar-refractivity contribution is -0.139. The van der Waals surface area contributed by atoms with E-state index in [9.17, 15) is 19.5 Å². The number of alkyl carbamates (subject to hydrolysis) is 1. The van der Waals surface area contributed by atoms with Gasteiger partial charge in [-0.3, -0.25) is 9.69 Å². The van der Waals surface area contributed by atoms with E-state index in [4.69, 9.17) is 17.0 Å². The van der Waals surface area contributed by atoms with E-state index in [-0.39, 0.29) is 18.9 Å². The van der Waals surface area contributed by atoms with E-state index in [1.54, 1.807) is 34.6 Å². The molecule has 0 bridgehead atoms. The molecule has 1 aliphatic heterocycles. The van der Waals surface area contributed by atoms with E-state index in [1.165, 1.54) is 4.90 Å². The molecule has 0 saturated carbocycles. The average molecular weight is 359 g/mol. The summed E-state index contributed by atoms with van der Waals surface area (Å²) in [4.78, 5) is 36.5. The lowest BCUT2D eigenvalue weighted by Gasteiger charge is -2.22. The highest BCUT2D eigenvalue weighted by molar-refractivity contribution is 7.80. The van der Waals surface area contributed by atoms with Crippen molar-refractivity contribution in [2.45, 2.75) is 64.6 Å². The molecule has 24 heavy (non-hydrogen) atoms. The third-order valence-electron chi connectivity index (χ3n) is 3.31. The Hall–Kier alpha value is -1.90. The Bertz CT molecular complexity index is 542. The molecule has 1 atom stereocenters. The van der Waals surface area contributed by atoms with Gasteiger partial charge in [-0.05, 0) is 59.7 Å². The van der Waals surface area contributed by atoms with Crippen LogP contribution in [0.2, 0.25) is 0 Å². The van der Waals surface area contributed by atoms with E-state index in [0.29, 0.717) is 11.5 Å². The lowest BCUT2D eigenvalue weighted by atomic mass is 10.1. The molecule has 1 rings (SSSR count). The van der Waals surface area contributed by atoms with Crippen LogP contribution in [0.15, 0.2) is 0 Å². The maximum atomic E-state index is 12.2. The molecular formula is C15H25N3O5S. The highest BCUT2D eigenvalue weighted by atomic mass is 32.1. The van der Waals surface area contributed by atoms with Crippen LogP contribution >= 0.6 is 12.2 Å². The van der Waals surface area contributed by atoms with E-state index in [1.807, 2.05) is 0 Å². The molecule has 0 aromatic carbocycles. The smallest absolute Gasteiger partial charge is 0.408 e. The Balaban J connectivity index is 2.53. The second-order valence-corrected chi connectivity index (χ2v) is 7.58. The number of carboxylic acid groups (broad SMARTS) is 1. The second-order valence-electron chi connectivity index (χ2n) is 7.19. The predicted molar refractivity (Wildman–Crippen MR) is 91.6 cm³/mol. The first-order chi connectivity index (χ1) is 10.8. The molecular weight excluding hydrogens is 334 g/mol. The summed E-state index contributed by atoms with van der Waals surface area (Å²) in [5.74, 6) is -1.31. The van der Waals surface area contributed by atoms with Gasteiger partial charge in [0.15, 0.2) is 5.11 Å². The van der Waals surface area contributed by atoms with Crippen LogP contribution in [-0.2, 0) is 14.3 Å². The summed E-state index contributed by atoms with van der Waals surface area (Å²) >= 11 is 5.11. The number of thiocarbonyl (C=S) groups is 1. The van der Waals surface area contributed by atoms with Crippen LogP contribution in [0, 0.1) is 0 Å². The number of hydrogen-bond acceptors (Lipinski definition) is 5. The summed E-state index contributed by atoms with van der Waals surface area (Å²) < 4.78 is 5.05. The largest absolute Gasteiger partial charge is 0.480 e. The van der Waals surface area contributed by atoms with Gasteiger partial charge in [0.25, 0.3) is 5.91 Å². The number of aliphatic carboxylic acids is 1. The number of nitrogens with zero attached hydrogens (tertiary/aromatic N) is 1. The number of nitrogens with one attached hydrogen (secondary N) is 2. The Morgan fingerprint density at radius 3 is 2.42 bits per heavy atom. The number of ether oxygens (including phenoxy) is 1.